The van der Waals surface area contributed by atoms with Crippen molar-refractivity contribution >= 4 is 43.4 Å². The number of nitrogens with zero attached hydrogens (tertiary/aromatic N) is 3. The summed E-state index contributed by atoms with van der Waals surface area (Å²) in [5.41, 5.74) is 0.911. The molecule has 1 N–H and O–H groups in total. The summed E-state index contributed by atoms with van der Waals surface area (Å²) in [7, 11) is 0. The van der Waals surface area contributed by atoms with Crippen molar-refractivity contribution in [2.45, 2.75) is 13.1 Å². The maximum atomic E-state index is 5.79. The first kappa shape index (κ1) is 14.5. The van der Waals surface area contributed by atoms with E-state index in [-0.39, 0.29) is 0 Å². The van der Waals surface area contributed by atoms with Crippen LogP contribution in [-0.4, -0.2) is 14.8 Å². The second-order valence-corrected chi connectivity index (χ2v) is 7.12. The number of rotatable bonds is 5. The van der Waals surface area contributed by atoms with Gasteiger partial charge in [0.1, 0.15) is 11.3 Å². The van der Waals surface area contributed by atoms with Gasteiger partial charge in [-0.3, -0.25) is 4.68 Å². The fourth-order valence-electron chi connectivity index (χ4n) is 2.33. The Labute approximate surface area is 145 Å². The van der Waals surface area contributed by atoms with Crippen molar-refractivity contribution in [1.82, 2.24) is 14.8 Å². The summed E-state index contributed by atoms with van der Waals surface area (Å²) in [5.74, 6) is 0.902. The molecule has 0 spiro atoms. The molecule has 0 saturated carbocycles. The van der Waals surface area contributed by atoms with Gasteiger partial charge in [0.05, 0.1) is 23.8 Å². The number of thiazole rings is 1. The average molecular weight is 389 g/mol. The summed E-state index contributed by atoms with van der Waals surface area (Å²) in [5, 5.41) is 9.56. The lowest BCUT2D eigenvalue weighted by atomic mass is 10.2. The fraction of sp³-hybridized carbons (Fsp3) is 0.125. The Morgan fingerprint density at radius 3 is 3.00 bits per heavy atom. The quantitative estimate of drug-likeness (QED) is 0.546. The minimum atomic E-state index is 0.620. The average Bonchev–Trinajstić information content (AvgIpc) is 3.25. The molecule has 0 bridgehead atoms. The third-order valence-electron chi connectivity index (χ3n) is 3.36. The lowest BCUT2D eigenvalue weighted by Crippen LogP contribution is -1.97. The third kappa shape index (κ3) is 3.30. The van der Waals surface area contributed by atoms with E-state index >= 15 is 0 Å². The molecule has 0 fully saturated rings. The highest BCUT2D eigenvalue weighted by Crippen LogP contribution is 2.22. The van der Waals surface area contributed by atoms with Gasteiger partial charge < -0.3 is 9.73 Å². The van der Waals surface area contributed by atoms with Gasteiger partial charge in [-0.15, -0.1) is 11.3 Å². The molecule has 4 aromatic rings. The molecule has 3 aromatic heterocycles. The van der Waals surface area contributed by atoms with Gasteiger partial charge >= 0.3 is 0 Å². The molecular formula is C16H13BrN4OS. The van der Waals surface area contributed by atoms with Crippen LogP contribution in [0.25, 0.3) is 11.0 Å². The summed E-state index contributed by atoms with van der Waals surface area (Å²) in [6.45, 7) is 1.34. The van der Waals surface area contributed by atoms with Gasteiger partial charge in [-0.05, 0) is 28.1 Å². The minimum Gasteiger partial charge on any atom is -0.459 e. The molecule has 0 radical (unpaired) electrons. The number of benzene rings is 1. The Balaban J connectivity index is 1.41. The number of fused-ring (bicyclic) bond motifs is 1. The molecule has 0 unspecified atom stereocenters. The van der Waals surface area contributed by atoms with Crippen LogP contribution in [-0.2, 0) is 13.1 Å². The van der Waals surface area contributed by atoms with Crippen LogP contribution in [0.3, 0.4) is 0 Å². The van der Waals surface area contributed by atoms with Gasteiger partial charge in [-0.25, -0.2) is 4.98 Å². The first-order valence-corrected chi connectivity index (χ1v) is 8.71. The lowest BCUT2D eigenvalue weighted by molar-refractivity contribution is 0.559. The van der Waals surface area contributed by atoms with Crippen LogP contribution in [0.1, 0.15) is 10.6 Å². The molecule has 4 rings (SSSR count). The SMILES string of the molecule is Brc1cnn(Cc2cnc(NCc3cc4ccccc4o3)s2)c1. The Hall–Kier alpha value is -2.12. The lowest BCUT2D eigenvalue weighted by Gasteiger charge is -1.99. The molecule has 0 atom stereocenters. The number of nitrogens with one attached hydrogen (secondary N) is 1. The van der Waals surface area contributed by atoms with Crippen LogP contribution in [0, 0.1) is 0 Å². The van der Waals surface area contributed by atoms with E-state index in [1.807, 2.05) is 41.3 Å². The monoisotopic (exact) mass is 388 g/mol. The standard InChI is InChI=1S/C16H13BrN4OS/c17-12-6-20-21(9-12)10-14-8-19-16(23-14)18-7-13-5-11-3-1-2-4-15(11)22-13/h1-6,8-9H,7,10H2,(H,18,19). The number of para-hydroxylation sites is 1. The molecular weight excluding hydrogens is 376 g/mol. The number of hydrogen-bond donors (Lipinski definition) is 1. The highest BCUT2D eigenvalue weighted by atomic mass is 79.9. The predicted octanol–water partition coefficient (Wildman–Crippen LogP) is 4.51. The van der Waals surface area contributed by atoms with Gasteiger partial charge in [0, 0.05) is 22.7 Å². The Morgan fingerprint density at radius 2 is 2.17 bits per heavy atom. The molecule has 5 nitrogen and oxygen atoms in total. The smallest absolute Gasteiger partial charge is 0.183 e. The van der Waals surface area contributed by atoms with Gasteiger partial charge in [0.2, 0.25) is 0 Å². The van der Waals surface area contributed by atoms with Crippen LogP contribution in [0.2, 0.25) is 0 Å². The van der Waals surface area contributed by atoms with Crippen LogP contribution >= 0.6 is 27.3 Å². The van der Waals surface area contributed by atoms with E-state index < -0.39 is 0 Å². The summed E-state index contributed by atoms with van der Waals surface area (Å²) in [6, 6.07) is 10.1. The van der Waals surface area contributed by atoms with Crippen molar-refractivity contribution in [2.75, 3.05) is 5.32 Å². The molecule has 23 heavy (non-hydrogen) atoms. The Bertz CT molecular complexity index is 909. The van der Waals surface area contributed by atoms with Crippen molar-refractivity contribution in [3.63, 3.8) is 0 Å². The van der Waals surface area contributed by atoms with E-state index in [2.05, 4.69) is 37.4 Å². The van der Waals surface area contributed by atoms with Crippen molar-refractivity contribution < 1.29 is 4.42 Å². The third-order valence-corrected chi connectivity index (χ3v) is 4.71. The van der Waals surface area contributed by atoms with Crippen molar-refractivity contribution in [1.29, 1.82) is 0 Å². The number of aromatic nitrogens is 3. The summed E-state index contributed by atoms with van der Waals surface area (Å²) in [4.78, 5) is 5.55. The molecule has 1 aromatic carbocycles. The Kier molecular flexibility index (Phi) is 3.88. The van der Waals surface area contributed by atoms with Gasteiger partial charge in [0.15, 0.2) is 5.13 Å². The number of halogens is 1. The summed E-state index contributed by atoms with van der Waals surface area (Å²) >= 11 is 5.02. The van der Waals surface area contributed by atoms with E-state index in [0.29, 0.717) is 6.54 Å². The number of anilines is 1. The highest BCUT2D eigenvalue weighted by molar-refractivity contribution is 9.10. The second-order valence-electron chi connectivity index (χ2n) is 5.09. The van der Waals surface area contributed by atoms with E-state index in [1.54, 1.807) is 17.5 Å². The van der Waals surface area contributed by atoms with Crippen molar-refractivity contribution in [2.24, 2.45) is 0 Å². The normalized spacial score (nSPS) is 11.2. The van der Waals surface area contributed by atoms with E-state index in [1.165, 1.54) is 0 Å². The van der Waals surface area contributed by atoms with E-state index in [4.69, 9.17) is 4.42 Å². The zero-order valence-electron chi connectivity index (χ0n) is 12.1. The fourth-order valence-corrected chi connectivity index (χ4v) is 3.46. The van der Waals surface area contributed by atoms with Crippen molar-refractivity contribution in [3.8, 4) is 0 Å². The maximum absolute atomic E-state index is 5.79. The van der Waals surface area contributed by atoms with Gasteiger partial charge in [0.25, 0.3) is 0 Å². The highest BCUT2D eigenvalue weighted by Gasteiger charge is 2.06. The summed E-state index contributed by atoms with van der Waals surface area (Å²) in [6.07, 6.45) is 5.60. The first-order chi connectivity index (χ1) is 11.3. The van der Waals surface area contributed by atoms with Crippen LogP contribution in [0.5, 0.6) is 0 Å². The number of furan rings is 1. The predicted molar refractivity (Wildman–Crippen MR) is 94.7 cm³/mol. The first-order valence-electron chi connectivity index (χ1n) is 7.10. The van der Waals surface area contributed by atoms with Crippen LogP contribution in [0.4, 0.5) is 5.13 Å². The van der Waals surface area contributed by atoms with Crippen molar-refractivity contribution in [3.05, 3.63) is 64.0 Å². The minimum absolute atomic E-state index is 0.620. The molecule has 116 valence electrons. The molecule has 0 aliphatic rings. The maximum Gasteiger partial charge on any atom is 0.183 e. The largest absolute Gasteiger partial charge is 0.459 e. The van der Waals surface area contributed by atoms with E-state index in [0.717, 1.165) is 37.8 Å². The molecule has 0 aliphatic carbocycles. The second kappa shape index (κ2) is 6.17. The van der Waals surface area contributed by atoms with E-state index in [9.17, 15) is 0 Å². The molecule has 0 amide bonds. The molecule has 7 heteroatoms. The number of hydrogen-bond acceptors (Lipinski definition) is 5. The zero-order valence-corrected chi connectivity index (χ0v) is 14.5. The summed E-state index contributed by atoms with van der Waals surface area (Å²) < 4.78 is 8.64. The molecule has 3 heterocycles. The van der Waals surface area contributed by atoms with Crippen LogP contribution in [0.15, 0.2) is 57.8 Å². The topological polar surface area (TPSA) is 55.9 Å². The van der Waals surface area contributed by atoms with Gasteiger partial charge in [-0.1, -0.05) is 18.2 Å². The van der Waals surface area contributed by atoms with Crippen LogP contribution < -0.4 is 5.32 Å². The molecule has 0 saturated heterocycles. The van der Waals surface area contributed by atoms with Gasteiger partial charge in [-0.2, -0.15) is 5.10 Å². The Morgan fingerprint density at radius 1 is 1.26 bits per heavy atom. The molecule has 0 aliphatic heterocycles. The zero-order chi connectivity index (χ0) is 15.6.